The number of carbonyl (C=O) groups is 1. The summed E-state index contributed by atoms with van der Waals surface area (Å²) >= 11 is 0. The molecule has 2 unspecified atom stereocenters. The normalized spacial score (nSPS) is 22.1. The first kappa shape index (κ1) is 16.1. The van der Waals surface area contributed by atoms with E-state index < -0.39 is 0 Å². The van der Waals surface area contributed by atoms with Gasteiger partial charge in [-0.3, -0.25) is 9.78 Å². The number of aromatic nitrogens is 1. The first-order valence-corrected chi connectivity index (χ1v) is 8.87. The van der Waals surface area contributed by atoms with Gasteiger partial charge in [0.2, 0.25) is 5.91 Å². The highest BCUT2D eigenvalue weighted by molar-refractivity contribution is 5.98. The molecule has 2 aliphatic heterocycles. The lowest BCUT2D eigenvalue weighted by molar-refractivity contribution is -0.121. The zero-order valence-corrected chi connectivity index (χ0v) is 14.1. The van der Waals surface area contributed by atoms with Crippen LogP contribution in [0, 0.1) is 0 Å². The molecule has 2 aromatic rings. The lowest BCUT2D eigenvalue weighted by Crippen LogP contribution is -2.41. The molecule has 0 aliphatic carbocycles. The Balaban J connectivity index is 1.64. The topological polar surface area (TPSA) is 51.7 Å². The van der Waals surface area contributed by atoms with Crippen LogP contribution < -0.4 is 9.64 Å². The summed E-state index contributed by atoms with van der Waals surface area (Å²) in [4.78, 5) is 19.4. The van der Waals surface area contributed by atoms with Crippen molar-refractivity contribution >= 4 is 11.6 Å². The molecule has 5 nitrogen and oxygen atoms in total. The van der Waals surface area contributed by atoms with Crippen LogP contribution in [0.3, 0.4) is 0 Å². The predicted molar refractivity (Wildman–Crippen MR) is 94.9 cm³/mol. The number of pyridine rings is 1. The molecule has 1 aromatic heterocycles. The minimum atomic E-state index is -0.181. The van der Waals surface area contributed by atoms with Gasteiger partial charge in [0.25, 0.3) is 0 Å². The number of fused-ring (bicyclic) bond motifs is 1. The largest absolute Gasteiger partial charge is 0.493 e. The number of carbonyl (C=O) groups excluding carboxylic acids is 1. The summed E-state index contributed by atoms with van der Waals surface area (Å²) in [6.07, 6.45) is 6.31. The third kappa shape index (κ3) is 3.37. The third-order valence-electron chi connectivity index (χ3n) is 4.91. The number of benzene rings is 1. The highest BCUT2D eigenvalue weighted by Crippen LogP contribution is 2.35. The van der Waals surface area contributed by atoms with Gasteiger partial charge in [-0.05, 0) is 37.5 Å². The maximum absolute atomic E-state index is 13.4. The number of anilines is 1. The van der Waals surface area contributed by atoms with Crippen LogP contribution in [0.4, 0.5) is 5.69 Å². The van der Waals surface area contributed by atoms with Gasteiger partial charge in [-0.1, -0.05) is 18.2 Å². The standard InChI is InChI=1S/C20H22N2O3/c23-20(18-9-13-25-19-6-2-1-5-17(18)19)22(14-16-4-3-12-24-16)15-7-10-21-11-8-15/h1-2,5-8,10-11,16,18H,3-4,9,12-14H2. The van der Waals surface area contributed by atoms with Crippen molar-refractivity contribution < 1.29 is 14.3 Å². The van der Waals surface area contributed by atoms with Crippen LogP contribution in [0.2, 0.25) is 0 Å². The molecule has 4 rings (SSSR count). The second-order valence-corrected chi connectivity index (χ2v) is 6.52. The van der Waals surface area contributed by atoms with E-state index >= 15 is 0 Å². The van der Waals surface area contributed by atoms with Gasteiger partial charge >= 0.3 is 0 Å². The molecule has 0 radical (unpaired) electrons. The average molecular weight is 338 g/mol. The summed E-state index contributed by atoms with van der Waals surface area (Å²) in [5.41, 5.74) is 1.85. The van der Waals surface area contributed by atoms with Crippen LogP contribution in [0.5, 0.6) is 5.75 Å². The van der Waals surface area contributed by atoms with Crippen molar-refractivity contribution in [1.29, 1.82) is 0 Å². The number of nitrogens with zero attached hydrogens (tertiary/aromatic N) is 2. The quantitative estimate of drug-likeness (QED) is 0.859. The highest BCUT2D eigenvalue weighted by Gasteiger charge is 2.33. The number of para-hydroxylation sites is 1. The summed E-state index contributed by atoms with van der Waals surface area (Å²) in [5, 5.41) is 0. The molecule has 2 atom stereocenters. The van der Waals surface area contributed by atoms with Gasteiger partial charge in [0, 0.05) is 30.3 Å². The van der Waals surface area contributed by atoms with Crippen LogP contribution in [0.15, 0.2) is 48.8 Å². The second-order valence-electron chi connectivity index (χ2n) is 6.52. The molecule has 2 aliphatic rings. The Morgan fingerprint density at radius 2 is 1.96 bits per heavy atom. The smallest absolute Gasteiger partial charge is 0.234 e. The Labute approximate surface area is 147 Å². The first-order valence-electron chi connectivity index (χ1n) is 8.87. The minimum absolute atomic E-state index is 0.104. The van der Waals surface area contributed by atoms with Crippen molar-refractivity contribution in [1.82, 2.24) is 4.98 Å². The van der Waals surface area contributed by atoms with Gasteiger partial charge in [-0.15, -0.1) is 0 Å². The maximum atomic E-state index is 13.4. The monoisotopic (exact) mass is 338 g/mol. The van der Waals surface area contributed by atoms with E-state index in [1.54, 1.807) is 12.4 Å². The van der Waals surface area contributed by atoms with Crippen LogP contribution >= 0.6 is 0 Å². The van der Waals surface area contributed by atoms with E-state index in [1.807, 2.05) is 41.3 Å². The lowest BCUT2D eigenvalue weighted by Gasteiger charge is -2.32. The summed E-state index contributed by atoms with van der Waals surface area (Å²) in [6, 6.07) is 11.6. The van der Waals surface area contributed by atoms with Crippen molar-refractivity contribution in [2.24, 2.45) is 0 Å². The number of amides is 1. The average Bonchev–Trinajstić information content (AvgIpc) is 3.19. The Morgan fingerprint density at radius 3 is 2.76 bits per heavy atom. The molecule has 1 saturated heterocycles. The molecule has 0 N–H and O–H groups in total. The first-order chi connectivity index (χ1) is 12.3. The van der Waals surface area contributed by atoms with Crippen molar-refractivity contribution in [3.63, 3.8) is 0 Å². The number of ether oxygens (including phenoxy) is 2. The molecular formula is C20H22N2O3. The number of rotatable bonds is 4. The Hall–Kier alpha value is -2.40. The van der Waals surface area contributed by atoms with Crippen LogP contribution in [0.1, 0.15) is 30.7 Å². The van der Waals surface area contributed by atoms with Gasteiger partial charge in [0.1, 0.15) is 5.75 Å². The molecule has 1 fully saturated rings. The Morgan fingerprint density at radius 1 is 1.12 bits per heavy atom. The second kappa shape index (κ2) is 7.23. The van der Waals surface area contributed by atoms with Crippen molar-refractivity contribution in [2.45, 2.75) is 31.3 Å². The van der Waals surface area contributed by atoms with Crippen LogP contribution in [-0.2, 0) is 9.53 Å². The molecule has 0 spiro atoms. The van der Waals surface area contributed by atoms with Gasteiger partial charge in [-0.25, -0.2) is 0 Å². The van der Waals surface area contributed by atoms with Crippen molar-refractivity contribution in [3.8, 4) is 5.75 Å². The third-order valence-corrected chi connectivity index (χ3v) is 4.91. The molecule has 130 valence electrons. The SMILES string of the molecule is O=C(C1CCOc2ccccc21)N(CC1CCCO1)c1ccncc1. The fraction of sp³-hybridized carbons (Fsp3) is 0.400. The fourth-order valence-electron chi connectivity index (χ4n) is 3.63. The van der Waals surface area contributed by atoms with Gasteiger partial charge in [0.05, 0.1) is 25.2 Å². The van der Waals surface area contributed by atoms with Crippen LogP contribution in [0.25, 0.3) is 0 Å². The van der Waals surface area contributed by atoms with E-state index in [0.717, 1.165) is 36.4 Å². The van der Waals surface area contributed by atoms with Crippen LogP contribution in [-0.4, -0.2) is 36.8 Å². The summed E-state index contributed by atoms with van der Waals surface area (Å²) in [7, 11) is 0. The molecule has 0 bridgehead atoms. The molecule has 1 amide bonds. The van der Waals surface area contributed by atoms with Gasteiger partial charge < -0.3 is 14.4 Å². The zero-order chi connectivity index (χ0) is 17.1. The molecule has 5 heteroatoms. The summed E-state index contributed by atoms with van der Waals surface area (Å²) in [6.45, 7) is 1.93. The highest BCUT2D eigenvalue weighted by atomic mass is 16.5. The molecule has 3 heterocycles. The number of hydrogen-bond acceptors (Lipinski definition) is 4. The summed E-state index contributed by atoms with van der Waals surface area (Å²) < 4.78 is 11.5. The van der Waals surface area contributed by atoms with E-state index in [-0.39, 0.29) is 17.9 Å². The molecule has 1 aromatic carbocycles. The fourth-order valence-corrected chi connectivity index (χ4v) is 3.63. The van der Waals surface area contributed by atoms with Gasteiger partial charge in [0.15, 0.2) is 0 Å². The lowest BCUT2D eigenvalue weighted by atomic mass is 9.91. The Bertz CT molecular complexity index is 729. The summed E-state index contributed by atoms with van der Waals surface area (Å²) in [5.74, 6) is 0.746. The zero-order valence-electron chi connectivity index (χ0n) is 14.1. The van der Waals surface area contributed by atoms with Crippen molar-refractivity contribution in [2.75, 3.05) is 24.7 Å². The van der Waals surface area contributed by atoms with E-state index in [4.69, 9.17) is 9.47 Å². The van der Waals surface area contributed by atoms with Crippen molar-refractivity contribution in [3.05, 3.63) is 54.4 Å². The molecular weight excluding hydrogens is 316 g/mol. The van der Waals surface area contributed by atoms with Gasteiger partial charge in [-0.2, -0.15) is 0 Å². The van der Waals surface area contributed by atoms with E-state index in [9.17, 15) is 4.79 Å². The maximum Gasteiger partial charge on any atom is 0.234 e. The van der Waals surface area contributed by atoms with E-state index in [2.05, 4.69) is 4.98 Å². The van der Waals surface area contributed by atoms with E-state index in [1.165, 1.54) is 0 Å². The molecule has 25 heavy (non-hydrogen) atoms. The van der Waals surface area contributed by atoms with E-state index in [0.29, 0.717) is 19.6 Å². The minimum Gasteiger partial charge on any atom is -0.493 e. The predicted octanol–water partition coefficient (Wildman–Crippen LogP) is 3.16. The molecule has 0 saturated carbocycles. The Kier molecular flexibility index (Phi) is 4.65. The number of hydrogen-bond donors (Lipinski definition) is 0.